The first kappa shape index (κ1) is 8.49. The van der Waals surface area contributed by atoms with Crippen LogP contribution in [-0.4, -0.2) is 10.4 Å². The van der Waals surface area contributed by atoms with E-state index >= 15 is 0 Å². The molecule has 0 fully saturated rings. The van der Waals surface area contributed by atoms with Gasteiger partial charge in [-0.15, -0.1) is 0 Å². The number of ether oxygens (including phenoxy) is 1. The first-order chi connectivity index (χ1) is 5.18. The highest BCUT2D eigenvalue weighted by atomic mass is 79.9. The minimum absolute atomic E-state index is 0.319. The molecule has 1 heterocycles. The largest absolute Gasteiger partial charge is 0.413 e. The Morgan fingerprint density at radius 2 is 2.36 bits per heavy atom. The number of carbonyl (C=O) groups excluding carboxylic acids is 1. The van der Waals surface area contributed by atoms with Crippen molar-refractivity contribution in [2.45, 2.75) is 0 Å². The molecule has 58 valence electrons. The average molecular weight is 236 g/mol. The lowest BCUT2D eigenvalue weighted by Crippen LogP contribution is -1.95. The average Bonchev–Trinajstić information content (AvgIpc) is 1.85. The molecule has 0 aromatic carbocycles. The van der Waals surface area contributed by atoms with Gasteiger partial charge in [-0.05, 0) is 22.0 Å². The van der Waals surface area contributed by atoms with E-state index in [4.69, 9.17) is 11.6 Å². The molecule has 0 amide bonds. The van der Waals surface area contributed by atoms with Crippen LogP contribution in [0.3, 0.4) is 0 Å². The number of rotatable bonds is 1. The van der Waals surface area contributed by atoms with E-state index in [0.29, 0.717) is 5.75 Å². The highest BCUT2D eigenvalue weighted by Gasteiger charge is 1.99. The highest BCUT2D eigenvalue weighted by Crippen LogP contribution is 2.16. The Labute approximate surface area is 76.5 Å². The zero-order valence-electron chi connectivity index (χ0n) is 5.25. The molecule has 1 aromatic heterocycles. The second-order valence-electron chi connectivity index (χ2n) is 1.68. The van der Waals surface area contributed by atoms with Crippen molar-refractivity contribution in [2.75, 3.05) is 0 Å². The first-order valence-electron chi connectivity index (χ1n) is 2.66. The van der Waals surface area contributed by atoms with Gasteiger partial charge in [-0.1, -0.05) is 0 Å². The van der Waals surface area contributed by atoms with Crippen LogP contribution in [0.5, 0.6) is 5.75 Å². The van der Waals surface area contributed by atoms with Crippen LogP contribution >= 0.6 is 27.5 Å². The van der Waals surface area contributed by atoms with Crippen molar-refractivity contribution in [3.8, 4) is 5.75 Å². The van der Waals surface area contributed by atoms with Crippen LogP contribution in [0.15, 0.2) is 22.9 Å². The fraction of sp³-hybridized carbons (Fsp3) is 0. The summed E-state index contributed by atoms with van der Waals surface area (Å²) < 4.78 is 5.26. The third-order valence-electron chi connectivity index (χ3n) is 0.878. The molecule has 0 aliphatic carbocycles. The molecule has 0 aliphatic heterocycles. The van der Waals surface area contributed by atoms with Gasteiger partial charge in [0.05, 0.1) is 6.20 Å². The predicted octanol–water partition coefficient (Wildman–Crippen LogP) is 2.58. The minimum Gasteiger partial charge on any atom is -0.413 e. The van der Waals surface area contributed by atoms with Crippen molar-refractivity contribution in [1.82, 2.24) is 4.98 Å². The standard InChI is InChI=1S/C6H3BrClNO2/c7-4-1-5(3-9-2-4)11-6(8)10/h1-3H. The zero-order chi connectivity index (χ0) is 8.27. The Bertz CT molecular complexity index is 279. The molecule has 0 saturated carbocycles. The highest BCUT2D eigenvalue weighted by molar-refractivity contribution is 9.10. The van der Waals surface area contributed by atoms with Crippen LogP contribution in [-0.2, 0) is 0 Å². The van der Waals surface area contributed by atoms with Gasteiger partial charge < -0.3 is 4.74 Å². The Balaban J connectivity index is 2.79. The summed E-state index contributed by atoms with van der Waals surface area (Å²) in [5, 5.41) is 0. The molecule has 3 nitrogen and oxygen atoms in total. The molecule has 0 unspecified atom stereocenters. The van der Waals surface area contributed by atoms with Gasteiger partial charge in [-0.3, -0.25) is 4.98 Å². The summed E-state index contributed by atoms with van der Waals surface area (Å²) in [5.74, 6) is 0.319. The molecule has 0 N–H and O–H groups in total. The normalized spacial score (nSPS) is 9.27. The topological polar surface area (TPSA) is 39.2 Å². The number of aromatic nitrogens is 1. The molecule has 0 atom stereocenters. The fourth-order valence-corrected chi connectivity index (χ4v) is 0.974. The molecule has 0 spiro atoms. The number of nitrogens with zero attached hydrogens (tertiary/aromatic N) is 1. The van der Waals surface area contributed by atoms with E-state index < -0.39 is 5.43 Å². The summed E-state index contributed by atoms with van der Waals surface area (Å²) in [5.41, 5.74) is -0.870. The van der Waals surface area contributed by atoms with Crippen molar-refractivity contribution in [3.63, 3.8) is 0 Å². The van der Waals surface area contributed by atoms with E-state index in [1.165, 1.54) is 6.20 Å². The molecular formula is C6H3BrClNO2. The maximum atomic E-state index is 10.2. The minimum atomic E-state index is -0.870. The summed E-state index contributed by atoms with van der Waals surface area (Å²) >= 11 is 8.12. The molecule has 0 bridgehead atoms. The molecule has 5 heteroatoms. The summed E-state index contributed by atoms with van der Waals surface area (Å²) in [7, 11) is 0. The van der Waals surface area contributed by atoms with Gasteiger partial charge in [0.25, 0.3) is 0 Å². The van der Waals surface area contributed by atoms with E-state index in [0.717, 1.165) is 4.47 Å². The smallest absolute Gasteiger partial charge is 0.409 e. The van der Waals surface area contributed by atoms with Gasteiger partial charge in [0.2, 0.25) is 0 Å². The lowest BCUT2D eigenvalue weighted by molar-refractivity contribution is 0.225. The number of hydrogen-bond acceptors (Lipinski definition) is 3. The molecule has 0 aliphatic rings. The van der Waals surface area contributed by atoms with Crippen molar-refractivity contribution >= 4 is 33.0 Å². The Morgan fingerprint density at radius 3 is 2.91 bits per heavy atom. The van der Waals surface area contributed by atoms with E-state index in [1.54, 1.807) is 12.3 Å². The first-order valence-corrected chi connectivity index (χ1v) is 3.83. The molecule has 1 rings (SSSR count). The fourth-order valence-electron chi connectivity index (χ4n) is 0.541. The third kappa shape index (κ3) is 2.86. The van der Waals surface area contributed by atoms with Crippen LogP contribution in [0, 0.1) is 0 Å². The van der Waals surface area contributed by atoms with Gasteiger partial charge in [0.15, 0.2) is 5.75 Å². The SMILES string of the molecule is O=C(Cl)Oc1cncc(Br)c1. The summed E-state index contributed by atoms with van der Waals surface area (Å²) in [6, 6.07) is 1.59. The van der Waals surface area contributed by atoms with Crippen molar-refractivity contribution < 1.29 is 9.53 Å². The molecular weight excluding hydrogens is 233 g/mol. The van der Waals surface area contributed by atoms with Crippen LogP contribution in [0.4, 0.5) is 4.79 Å². The maximum Gasteiger partial charge on any atom is 0.409 e. The second-order valence-corrected chi connectivity index (χ2v) is 2.90. The van der Waals surface area contributed by atoms with Gasteiger partial charge in [0, 0.05) is 22.3 Å². The van der Waals surface area contributed by atoms with Gasteiger partial charge in [0.1, 0.15) is 0 Å². The van der Waals surface area contributed by atoms with Crippen LogP contribution in [0.1, 0.15) is 0 Å². The predicted molar refractivity (Wildman–Crippen MR) is 43.8 cm³/mol. The number of halogens is 2. The van der Waals surface area contributed by atoms with E-state index in [-0.39, 0.29) is 0 Å². The Kier molecular flexibility index (Phi) is 2.84. The molecule has 0 radical (unpaired) electrons. The quantitative estimate of drug-likeness (QED) is 0.704. The van der Waals surface area contributed by atoms with Crippen molar-refractivity contribution in [2.24, 2.45) is 0 Å². The number of pyridine rings is 1. The van der Waals surface area contributed by atoms with Crippen LogP contribution < -0.4 is 4.74 Å². The van der Waals surface area contributed by atoms with Crippen molar-refractivity contribution in [3.05, 3.63) is 22.9 Å². The molecule has 1 aromatic rings. The van der Waals surface area contributed by atoms with Gasteiger partial charge >= 0.3 is 5.43 Å². The third-order valence-corrected chi connectivity index (χ3v) is 1.39. The van der Waals surface area contributed by atoms with E-state index in [9.17, 15) is 4.79 Å². The lowest BCUT2D eigenvalue weighted by Gasteiger charge is -1.97. The van der Waals surface area contributed by atoms with Gasteiger partial charge in [-0.2, -0.15) is 0 Å². The summed E-state index contributed by atoms with van der Waals surface area (Å²) in [6.45, 7) is 0. The number of carbonyl (C=O) groups is 1. The van der Waals surface area contributed by atoms with E-state index in [1.807, 2.05) is 0 Å². The maximum absolute atomic E-state index is 10.2. The lowest BCUT2D eigenvalue weighted by atomic mass is 10.5. The Hall–Kier alpha value is -0.610. The van der Waals surface area contributed by atoms with Crippen LogP contribution in [0.2, 0.25) is 0 Å². The van der Waals surface area contributed by atoms with Gasteiger partial charge in [-0.25, -0.2) is 4.79 Å². The van der Waals surface area contributed by atoms with Crippen LogP contribution in [0.25, 0.3) is 0 Å². The molecule has 0 saturated heterocycles. The monoisotopic (exact) mass is 235 g/mol. The Morgan fingerprint density at radius 1 is 1.64 bits per heavy atom. The summed E-state index contributed by atoms with van der Waals surface area (Å²) in [4.78, 5) is 14.0. The second kappa shape index (κ2) is 3.69. The van der Waals surface area contributed by atoms with Crippen molar-refractivity contribution in [1.29, 1.82) is 0 Å². The number of hydrogen-bond donors (Lipinski definition) is 0. The zero-order valence-corrected chi connectivity index (χ0v) is 7.59. The molecule has 11 heavy (non-hydrogen) atoms. The van der Waals surface area contributed by atoms with E-state index in [2.05, 4.69) is 25.7 Å². The summed E-state index contributed by atoms with van der Waals surface area (Å²) in [6.07, 6.45) is 2.97.